The maximum atomic E-state index is 2.48. The molecule has 0 heterocycles. The fourth-order valence-electron chi connectivity index (χ4n) is 4.37. The molecule has 2 heteroatoms. The summed E-state index contributed by atoms with van der Waals surface area (Å²) in [4.78, 5) is 0. The van der Waals surface area contributed by atoms with Gasteiger partial charge < -0.3 is 12.4 Å². The average molecular weight is 463 g/mol. The minimum Gasteiger partial charge on any atom is -1.00 e. The Hall–Kier alpha value is 0.720. The van der Waals surface area contributed by atoms with E-state index >= 15 is 0 Å². The van der Waals surface area contributed by atoms with Crippen molar-refractivity contribution in [3.8, 4) is 0 Å². The maximum Gasteiger partial charge on any atom is 0.0586 e. The largest absolute Gasteiger partial charge is 1.00 e. The fraction of sp³-hybridized carbons (Fsp3) is 1.00. The SMILES string of the molecule is CCCCCCCCCCCCCCCCCCCCCCCCC[P+](C)(C)C.[Cl-]. The molecular weight excluding hydrogens is 403 g/mol. The quantitative estimate of drug-likeness (QED) is 0.101. The molecule has 184 valence electrons. The second-order valence-corrected chi connectivity index (χ2v) is 15.8. The van der Waals surface area contributed by atoms with Gasteiger partial charge in [0.25, 0.3) is 0 Å². The summed E-state index contributed by atoms with van der Waals surface area (Å²) >= 11 is 0. The van der Waals surface area contributed by atoms with E-state index in [1.807, 2.05) is 0 Å². The molecule has 0 bridgehead atoms. The lowest BCUT2D eigenvalue weighted by atomic mass is 10.0. The lowest BCUT2D eigenvalue weighted by Gasteiger charge is -2.10. The smallest absolute Gasteiger partial charge is 0.0586 e. The molecule has 30 heavy (non-hydrogen) atoms. The predicted molar refractivity (Wildman–Crippen MR) is 141 cm³/mol. The molecule has 0 amide bonds. The first kappa shape index (κ1) is 32.9. The van der Waals surface area contributed by atoms with Crippen molar-refractivity contribution in [3.63, 3.8) is 0 Å². The first-order valence-corrected chi connectivity index (χ1v) is 17.2. The van der Waals surface area contributed by atoms with Crippen LogP contribution >= 0.6 is 7.26 Å². The standard InChI is InChI=1S/C28H60P.ClH/c1-5-6-7-8-9-10-11-12-13-14-15-16-17-18-19-20-21-22-23-24-25-26-27-28-29(2,3)4;/h5-28H2,1-4H3;1H/q+1;/p-1. The number of unbranched alkanes of at least 4 members (excludes halogenated alkanes) is 22. The Kier molecular flexibility index (Phi) is 28.5. The van der Waals surface area contributed by atoms with Crippen molar-refractivity contribution in [3.05, 3.63) is 0 Å². The van der Waals surface area contributed by atoms with E-state index in [2.05, 4.69) is 26.9 Å². The minimum atomic E-state index is -0.513. The van der Waals surface area contributed by atoms with E-state index in [4.69, 9.17) is 0 Å². The fourth-order valence-corrected chi connectivity index (χ4v) is 5.54. The zero-order valence-corrected chi connectivity index (χ0v) is 23.4. The van der Waals surface area contributed by atoms with E-state index in [0.29, 0.717) is 0 Å². The number of hydrogen-bond donors (Lipinski definition) is 0. The molecule has 0 nitrogen and oxygen atoms in total. The first-order chi connectivity index (χ1) is 14.1. The summed E-state index contributed by atoms with van der Waals surface area (Å²) in [6.07, 6.45) is 35.6. The molecule has 0 rings (SSSR count). The van der Waals surface area contributed by atoms with Gasteiger partial charge >= 0.3 is 0 Å². The van der Waals surface area contributed by atoms with Crippen molar-refractivity contribution in [2.45, 2.75) is 155 Å². The Labute approximate surface area is 200 Å². The monoisotopic (exact) mass is 462 g/mol. The van der Waals surface area contributed by atoms with Gasteiger partial charge in [-0.05, 0) is 12.8 Å². The van der Waals surface area contributed by atoms with Crippen LogP contribution in [0, 0.1) is 0 Å². The molecule has 0 aliphatic heterocycles. The van der Waals surface area contributed by atoms with Crippen molar-refractivity contribution in [1.82, 2.24) is 0 Å². The Morgan fingerprint density at radius 1 is 0.333 bits per heavy atom. The first-order valence-electron chi connectivity index (χ1n) is 13.9. The molecule has 0 unspecified atom stereocenters. The lowest BCUT2D eigenvalue weighted by Crippen LogP contribution is -3.00. The van der Waals surface area contributed by atoms with Gasteiger partial charge in [-0.25, -0.2) is 0 Å². The maximum absolute atomic E-state index is 2.48. The van der Waals surface area contributed by atoms with E-state index in [-0.39, 0.29) is 12.4 Å². The van der Waals surface area contributed by atoms with Crippen molar-refractivity contribution in [2.75, 3.05) is 26.2 Å². The molecule has 0 spiro atoms. The molecule has 0 aromatic heterocycles. The second-order valence-electron chi connectivity index (χ2n) is 10.8. The molecule has 0 aromatic carbocycles. The summed E-state index contributed by atoms with van der Waals surface area (Å²) in [5.41, 5.74) is 0. The summed E-state index contributed by atoms with van der Waals surface area (Å²) in [6.45, 7) is 9.74. The average Bonchev–Trinajstić information content (AvgIpc) is 2.67. The van der Waals surface area contributed by atoms with Gasteiger partial charge in [0.1, 0.15) is 0 Å². The van der Waals surface area contributed by atoms with Crippen molar-refractivity contribution in [1.29, 1.82) is 0 Å². The number of halogens is 1. The highest BCUT2D eigenvalue weighted by atomic mass is 35.5. The molecule has 0 aromatic rings. The second kappa shape index (κ2) is 26.0. The highest BCUT2D eigenvalue weighted by Gasteiger charge is 2.15. The third-order valence-corrected chi connectivity index (χ3v) is 8.09. The van der Waals surface area contributed by atoms with E-state index < -0.39 is 7.26 Å². The Bertz CT molecular complexity index is 298. The summed E-state index contributed by atoms with van der Waals surface area (Å²) in [5, 5.41) is 0. The normalized spacial score (nSPS) is 11.6. The third kappa shape index (κ3) is 30.9. The van der Waals surface area contributed by atoms with Crippen LogP contribution < -0.4 is 12.4 Å². The topological polar surface area (TPSA) is 0 Å². The zero-order chi connectivity index (χ0) is 21.5. The van der Waals surface area contributed by atoms with E-state index in [1.165, 1.54) is 154 Å². The van der Waals surface area contributed by atoms with Crippen LogP contribution in [0.25, 0.3) is 0 Å². The van der Waals surface area contributed by atoms with Gasteiger partial charge in [0.05, 0.1) is 6.16 Å². The van der Waals surface area contributed by atoms with E-state index in [0.717, 1.165) is 0 Å². The third-order valence-electron chi connectivity index (χ3n) is 6.43. The van der Waals surface area contributed by atoms with Crippen LogP contribution in [0.2, 0.25) is 0 Å². The van der Waals surface area contributed by atoms with Gasteiger partial charge in [-0.15, -0.1) is 0 Å². The predicted octanol–water partition coefficient (Wildman–Crippen LogP) is 7.89. The van der Waals surface area contributed by atoms with Gasteiger partial charge in [-0.2, -0.15) is 0 Å². The Balaban J connectivity index is 0. The molecule has 0 radical (unpaired) electrons. The Morgan fingerprint density at radius 2 is 0.533 bits per heavy atom. The van der Waals surface area contributed by atoms with Crippen molar-refractivity contribution < 1.29 is 12.4 Å². The molecule has 0 aliphatic carbocycles. The van der Waals surface area contributed by atoms with E-state index in [9.17, 15) is 0 Å². The van der Waals surface area contributed by atoms with Gasteiger partial charge in [0.15, 0.2) is 0 Å². The number of rotatable bonds is 24. The molecule has 0 saturated heterocycles. The molecule has 0 saturated carbocycles. The Morgan fingerprint density at radius 3 is 0.733 bits per heavy atom. The van der Waals surface area contributed by atoms with Crippen LogP contribution in [-0.2, 0) is 0 Å². The number of hydrogen-bond acceptors (Lipinski definition) is 0. The highest BCUT2D eigenvalue weighted by molar-refractivity contribution is 7.73. The van der Waals surface area contributed by atoms with Gasteiger partial charge in [0.2, 0.25) is 0 Å². The summed E-state index contributed by atoms with van der Waals surface area (Å²) in [7, 11) is -0.513. The van der Waals surface area contributed by atoms with Crippen LogP contribution in [-0.4, -0.2) is 26.2 Å². The van der Waals surface area contributed by atoms with Crippen LogP contribution in [0.1, 0.15) is 155 Å². The van der Waals surface area contributed by atoms with E-state index in [1.54, 1.807) is 0 Å². The molecule has 0 atom stereocenters. The molecule has 0 aliphatic rings. The zero-order valence-electron chi connectivity index (χ0n) is 21.8. The molecule has 0 fully saturated rings. The van der Waals surface area contributed by atoms with Crippen LogP contribution in [0.15, 0.2) is 0 Å². The highest BCUT2D eigenvalue weighted by Crippen LogP contribution is 2.47. The summed E-state index contributed by atoms with van der Waals surface area (Å²) in [5.74, 6) is 0. The van der Waals surface area contributed by atoms with Crippen molar-refractivity contribution >= 4 is 7.26 Å². The molecule has 0 N–H and O–H groups in total. The lowest BCUT2D eigenvalue weighted by molar-refractivity contribution is -0.00000675. The van der Waals surface area contributed by atoms with Gasteiger partial charge in [0, 0.05) is 27.3 Å². The van der Waals surface area contributed by atoms with Crippen LogP contribution in [0.5, 0.6) is 0 Å². The van der Waals surface area contributed by atoms with Gasteiger partial charge in [-0.3, -0.25) is 0 Å². The summed E-state index contributed by atoms with van der Waals surface area (Å²) in [6, 6.07) is 0. The molecular formula is C28H60ClP. The van der Waals surface area contributed by atoms with Crippen LogP contribution in [0.3, 0.4) is 0 Å². The van der Waals surface area contributed by atoms with Gasteiger partial charge in [-0.1, -0.05) is 142 Å². The minimum absolute atomic E-state index is 0. The summed E-state index contributed by atoms with van der Waals surface area (Å²) < 4.78 is 0. The van der Waals surface area contributed by atoms with Crippen LogP contribution in [0.4, 0.5) is 0 Å². The van der Waals surface area contributed by atoms with Crippen molar-refractivity contribution in [2.24, 2.45) is 0 Å².